The minimum absolute atomic E-state index is 0.0739. The van der Waals surface area contributed by atoms with E-state index in [2.05, 4.69) is 0 Å². The molecule has 128 valence electrons. The van der Waals surface area contributed by atoms with Crippen molar-refractivity contribution < 1.29 is 17.2 Å². The SMILES string of the molecule is Cn1c(C#N)ccc1-c1cc(F)c(CCCCS(N)(=O)=O)cc1F. The normalized spacial score (nSPS) is 11.5. The van der Waals surface area contributed by atoms with Crippen LogP contribution in [0.3, 0.4) is 0 Å². The highest BCUT2D eigenvalue weighted by atomic mass is 32.2. The first-order valence-electron chi connectivity index (χ1n) is 7.27. The zero-order valence-electron chi connectivity index (χ0n) is 13.1. The van der Waals surface area contributed by atoms with Gasteiger partial charge < -0.3 is 4.57 Å². The van der Waals surface area contributed by atoms with E-state index in [1.165, 1.54) is 10.6 Å². The molecule has 2 aromatic rings. The quantitative estimate of drug-likeness (QED) is 0.809. The van der Waals surface area contributed by atoms with E-state index >= 15 is 0 Å². The van der Waals surface area contributed by atoms with Gasteiger partial charge in [0.25, 0.3) is 0 Å². The van der Waals surface area contributed by atoms with E-state index in [0.29, 0.717) is 17.8 Å². The molecule has 0 atom stereocenters. The molecule has 0 unspecified atom stereocenters. The fourth-order valence-corrected chi connectivity index (χ4v) is 3.10. The molecule has 0 radical (unpaired) electrons. The van der Waals surface area contributed by atoms with E-state index in [1.807, 2.05) is 6.07 Å². The Balaban J connectivity index is 2.19. The summed E-state index contributed by atoms with van der Waals surface area (Å²) in [6, 6.07) is 7.27. The van der Waals surface area contributed by atoms with Gasteiger partial charge in [-0.3, -0.25) is 0 Å². The van der Waals surface area contributed by atoms with Gasteiger partial charge in [-0.05, 0) is 49.1 Å². The first-order chi connectivity index (χ1) is 11.2. The third-order valence-electron chi connectivity index (χ3n) is 3.77. The predicted molar refractivity (Wildman–Crippen MR) is 86.4 cm³/mol. The largest absolute Gasteiger partial charge is 0.335 e. The fourth-order valence-electron chi connectivity index (χ4n) is 2.49. The highest BCUT2D eigenvalue weighted by Crippen LogP contribution is 2.27. The van der Waals surface area contributed by atoms with Gasteiger partial charge in [0.2, 0.25) is 10.0 Å². The highest BCUT2D eigenvalue weighted by Gasteiger charge is 2.15. The molecule has 0 amide bonds. The van der Waals surface area contributed by atoms with Crippen LogP contribution in [0.1, 0.15) is 24.1 Å². The Labute approximate surface area is 139 Å². The zero-order valence-corrected chi connectivity index (χ0v) is 13.9. The van der Waals surface area contributed by atoms with Crippen LogP contribution in [0.25, 0.3) is 11.3 Å². The lowest BCUT2D eigenvalue weighted by molar-refractivity contribution is 0.578. The molecule has 1 aromatic heterocycles. The average Bonchev–Trinajstić information content (AvgIpc) is 2.86. The third-order valence-corrected chi connectivity index (χ3v) is 4.63. The first kappa shape index (κ1) is 18.1. The van der Waals surface area contributed by atoms with Crippen molar-refractivity contribution in [2.24, 2.45) is 12.2 Å². The molecule has 0 aliphatic carbocycles. The number of hydrogen-bond acceptors (Lipinski definition) is 3. The average molecular weight is 353 g/mol. The second kappa shape index (κ2) is 7.11. The van der Waals surface area contributed by atoms with Crippen LogP contribution in [-0.4, -0.2) is 18.7 Å². The second-order valence-electron chi connectivity index (χ2n) is 5.52. The van der Waals surface area contributed by atoms with Crippen molar-refractivity contribution in [3.63, 3.8) is 0 Å². The summed E-state index contributed by atoms with van der Waals surface area (Å²) in [5.41, 5.74) is 1.01. The number of sulfonamides is 1. The standard InChI is InChI=1S/C16H17F2N3O2S/c1-21-12(10-19)5-6-16(21)13-9-14(17)11(8-15(13)18)4-2-3-7-24(20,22)23/h5-6,8-9H,2-4,7H2,1H3,(H2,20,22,23). The molecule has 0 aliphatic rings. The van der Waals surface area contributed by atoms with Crippen molar-refractivity contribution in [3.05, 3.63) is 47.2 Å². The molecule has 0 fully saturated rings. The van der Waals surface area contributed by atoms with Gasteiger partial charge in [-0.1, -0.05) is 0 Å². The molecule has 0 bridgehead atoms. The molecular weight excluding hydrogens is 336 g/mol. The molecular formula is C16H17F2N3O2S. The minimum atomic E-state index is -3.54. The monoisotopic (exact) mass is 353 g/mol. The van der Waals surface area contributed by atoms with Gasteiger partial charge in [-0.25, -0.2) is 22.3 Å². The number of halogens is 2. The molecule has 1 heterocycles. The number of nitrogens with zero attached hydrogens (tertiary/aromatic N) is 2. The van der Waals surface area contributed by atoms with Crippen LogP contribution in [0.15, 0.2) is 24.3 Å². The Bertz CT molecular complexity index is 899. The Morgan fingerprint density at radius 3 is 2.50 bits per heavy atom. The molecule has 1 aromatic carbocycles. The molecule has 0 saturated carbocycles. The Kier molecular flexibility index (Phi) is 5.36. The summed E-state index contributed by atoms with van der Waals surface area (Å²) in [5.74, 6) is -1.35. The van der Waals surface area contributed by atoms with Gasteiger partial charge >= 0.3 is 0 Å². The van der Waals surface area contributed by atoms with E-state index in [4.69, 9.17) is 10.4 Å². The van der Waals surface area contributed by atoms with Crippen LogP contribution in [0.5, 0.6) is 0 Å². The van der Waals surface area contributed by atoms with E-state index in [9.17, 15) is 17.2 Å². The summed E-state index contributed by atoms with van der Waals surface area (Å²) in [6.07, 6.45) is 0.884. The smallest absolute Gasteiger partial charge is 0.209 e. The van der Waals surface area contributed by atoms with Crippen molar-refractivity contribution in [1.82, 2.24) is 4.57 Å². The summed E-state index contributed by atoms with van der Waals surface area (Å²) in [7, 11) is -1.94. The zero-order chi connectivity index (χ0) is 17.9. The number of primary sulfonamides is 1. The third kappa shape index (κ3) is 4.19. The Morgan fingerprint density at radius 2 is 1.92 bits per heavy atom. The molecule has 24 heavy (non-hydrogen) atoms. The number of aryl methyl sites for hydroxylation is 1. The number of nitrogens with two attached hydrogens (primary N) is 1. The van der Waals surface area contributed by atoms with Gasteiger partial charge in [-0.15, -0.1) is 0 Å². The predicted octanol–water partition coefficient (Wildman–Crippen LogP) is 2.45. The van der Waals surface area contributed by atoms with Crippen LogP contribution in [-0.2, 0) is 23.5 Å². The van der Waals surface area contributed by atoms with Gasteiger partial charge in [0, 0.05) is 12.6 Å². The van der Waals surface area contributed by atoms with E-state index in [-0.39, 0.29) is 29.7 Å². The van der Waals surface area contributed by atoms with Crippen molar-refractivity contribution in [2.45, 2.75) is 19.3 Å². The lowest BCUT2D eigenvalue weighted by Gasteiger charge is -2.10. The number of benzene rings is 1. The van der Waals surface area contributed by atoms with Crippen LogP contribution in [0, 0.1) is 23.0 Å². The maximum Gasteiger partial charge on any atom is 0.209 e. The van der Waals surface area contributed by atoms with Crippen molar-refractivity contribution >= 4 is 10.0 Å². The lowest BCUT2D eigenvalue weighted by Crippen LogP contribution is -2.16. The maximum atomic E-state index is 14.3. The Morgan fingerprint density at radius 1 is 1.21 bits per heavy atom. The summed E-state index contributed by atoms with van der Waals surface area (Å²) in [5, 5.41) is 13.8. The Hall–Kier alpha value is -2.24. The fraction of sp³-hybridized carbons (Fsp3) is 0.312. The van der Waals surface area contributed by atoms with Crippen LogP contribution in [0.2, 0.25) is 0 Å². The number of aromatic nitrogens is 1. The van der Waals surface area contributed by atoms with Gasteiger partial charge in [0.15, 0.2) is 0 Å². The number of unbranched alkanes of at least 4 members (excludes halogenated alkanes) is 1. The van der Waals surface area contributed by atoms with Crippen LogP contribution >= 0.6 is 0 Å². The van der Waals surface area contributed by atoms with E-state index in [1.54, 1.807) is 13.1 Å². The maximum absolute atomic E-state index is 14.3. The number of hydrogen-bond donors (Lipinski definition) is 1. The van der Waals surface area contributed by atoms with Gasteiger partial charge in [0.1, 0.15) is 23.4 Å². The molecule has 2 rings (SSSR count). The van der Waals surface area contributed by atoms with Crippen LogP contribution < -0.4 is 5.14 Å². The second-order valence-corrected chi connectivity index (χ2v) is 7.26. The summed E-state index contributed by atoms with van der Waals surface area (Å²) in [6.45, 7) is 0. The molecule has 8 heteroatoms. The summed E-state index contributed by atoms with van der Waals surface area (Å²) < 4.78 is 51.7. The van der Waals surface area contributed by atoms with E-state index < -0.39 is 21.7 Å². The van der Waals surface area contributed by atoms with Gasteiger partial charge in [-0.2, -0.15) is 5.26 Å². The molecule has 5 nitrogen and oxygen atoms in total. The minimum Gasteiger partial charge on any atom is -0.335 e. The van der Waals surface area contributed by atoms with Crippen LogP contribution in [0.4, 0.5) is 8.78 Å². The molecule has 2 N–H and O–H groups in total. The molecule has 0 saturated heterocycles. The topological polar surface area (TPSA) is 88.9 Å². The van der Waals surface area contributed by atoms with Gasteiger partial charge in [0.05, 0.1) is 11.4 Å². The number of nitriles is 1. The van der Waals surface area contributed by atoms with Crippen molar-refractivity contribution in [2.75, 3.05) is 5.75 Å². The molecule has 0 spiro atoms. The first-order valence-corrected chi connectivity index (χ1v) is 8.99. The highest BCUT2D eigenvalue weighted by molar-refractivity contribution is 7.89. The molecule has 0 aliphatic heterocycles. The van der Waals surface area contributed by atoms with Crippen molar-refractivity contribution in [3.8, 4) is 17.3 Å². The number of rotatable bonds is 6. The van der Waals surface area contributed by atoms with E-state index in [0.717, 1.165) is 12.1 Å². The lowest BCUT2D eigenvalue weighted by atomic mass is 10.0. The summed E-state index contributed by atoms with van der Waals surface area (Å²) in [4.78, 5) is 0. The van der Waals surface area contributed by atoms with Crippen molar-refractivity contribution in [1.29, 1.82) is 5.26 Å². The summed E-state index contributed by atoms with van der Waals surface area (Å²) >= 11 is 0.